The van der Waals surface area contributed by atoms with Gasteiger partial charge in [-0.25, -0.2) is 4.39 Å². The van der Waals surface area contributed by atoms with Crippen LogP contribution in [0.15, 0.2) is 42.5 Å². The number of hydrogen-bond acceptors (Lipinski definition) is 2. The summed E-state index contributed by atoms with van der Waals surface area (Å²) in [5.41, 5.74) is 0.325. The second-order valence-electron chi connectivity index (χ2n) is 3.87. The number of amides is 2. The van der Waals surface area contributed by atoms with Crippen molar-refractivity contribution >= 4 is 17.9 Å². The van der Waals surface area contributed by atoms with Crippen LogP contribution in [0.2, 0.25) is 0 Å². The monoisotopic (exact) mass is 245 g/mol. The molecule has 3 nitrogen and oxygen atoms in total. The predicted molar refractivity (Wildman–Crippen MR) is 65.9 cm³/mol. The average Bonchev–Trinajstić information content (AvgIpc) is 2.38. The van der Waals surface area contributed by atoms with Gasteiger partial charge in [0.15, 0.2) is 0 Å². The lowest BCUT2D eigenvalue weighted by Crippen LogP contribution is -2.37. The van der Waals surface area contributed by atoms with Gasteiger partial charge in [-0.15, -0.1) is 0 Å². The number of nitrogens with zero attached hydrogens (tertiary/aromatic N) is 1. The Kier molecular flexibility index (Phi) is 3.67. The standard InChI is InChI=1S/C14H12FNO2/c15-12-6-2-1-5-11(12)8-9-14(18)16-10-4-3-7-13(16)17/h1-3,5-9H,4,10H2. The summed E-state index contributed by atoms with van der Waals surface area (Å²) in [5.74, 6) is -1.15. The van der Waals surface area contributed by atoms with Gasteiger partial charge >= 0.3 is 0 Å². The Bertz CT molecular complexity index is 534. The summed E-state index contributed by atoms with van der Waals surface area (Å²) in [5, 5.41) is 0. The van der Waals surface area contributed by atoms with Crippen molar-refractivity contribution in [3.05, 3.63) is 53.9 Å². The molecule has 18 heavy (non-hydrogen) atoms. The molecule has 4 heteroatoms. The number of rotatable bonds is 2. The van der Waals surface area contributed by atoms with Crippen LogP contribution in [0.3, 0.4) is 0 Å². The van der Waals surface area contributed by atoms with Crippen molar-refractivity contribution in [2.75, 3.05) is 6.54 Å². The molecule has 1 aliphatic heterocycles. The first-order chi connectivity index (χ1) is 8.68. The maximum Gasteiger partial charge on any atom is 0.253 e. The van der Waals surface area contributed by atoms with Gasteiger partial charge in [0.25, 0.3) is 11.8 Å². The quantitative estimate of drug-likeness (QED) is 0.749. The van der Waals surface area contributed by atoms with E-state index in [4.69, 9.17) is 0 Å². The van der Waals surface area contributed by atoms with E-state index >= 15 is 0 Å². The molecule has 1 aromatic rings. The third kappa shape index (κ3) is 2.71. The molecule has 2 rings (SSSR count). The minimum atomic E-state index is -0.424. The molecule has 92 valence electrons. The van der Waals surface area contributed by atoms with Crippen LogP contribution in [0.4, 0.5) is 4.39 Å². The Morgan fingerprint density at radius 2 is 2.11 bits per heavy atom. The second kappa shape index (κ2) is 5.40. The number of carbonyl (C=O) groups is 2. The van der Waals surface area contributed by atoms with E-state index < -0.39 is 11.7 Å². The summed E-state index contributed by atoms with van der Waals surface area (Å²) in [6, 6.07) is 6.14. The zero-order valence-corrected chi connectivity index (χ0v) is 9.67. The van der Waals surface area contributed by atoms with E-state index in [9.17, 15) is 14.0 Å². The summed E-state index contributed by atoms with van der Waals surface area (Å²) in [6.45, 7) is 0.371. The van der Waals surface area contributed by atoms with Crippen LogP contribution < -0.4 is 0 Å². The summed E-state index contributed by atoms with van der Waals surface area (Å²) < 4.78 is 13.3. The molecule has 2 amide bonds. The van der Waals surface area contributed by atoms with Crippen molar-refractivity contribution in [2.45, 2.75) is 6.42 Å². The number of imide groups is 1. The van der Waals surface area contributed by atoms with Gasteiger partial charge in [0.2, 0.25) is 0 Å². The molecule has 1 aromatic carbocycles. The number of hydrogen-bond donors (Lipinski definition) is 0. The van der Waals surface area contributed by atoms with E-state index in [1.807, 2.05) is 0 Å². The van der Waals surface area contributed by atoms with E-state index in [0.29, 0.717) is 18.5 Å². The fourth-order valence-electron chi connectivity index (χ4n) is 1.67. The third-order valence-corrected chi connectivity index (χ3v) is 2.62. The Morgan fingerprint density at radius 3 is 2.83 bits per heavy atom. The molecule has 0 saturated carbocycles. The van der Waals surface area contributed by atoms with Crippen LogP contribution in [0, 0.1) is 5.82 Å². The molecule has 0 unspecified atom stereocenters. The number of carbonyl (C=O) groups excluding carboxylic acids is 2. The minimum Gasteiger partial charge on any atom is -0.275 e. The van der Waals surface area contributed by atoms with Gasteiger partial charge in [-0.05, 0) is 24.6 Å². The Balaban J connectivity index is 2.10. The first kappa shape index (κ1) is 12.2. The lowest BCUT2D eigenvalue weighted by molar-refractivity contribution is -0.139. The Labute approximate surface area is 104 Å². The molecule has 0 radical (unpaired) electrons. The Morgan fingerprint density at radius 1 is 1.33 bits per heavy atom. The fourth-order valence-corrected chi connectivity index (χ4v) is 1.67. The van der Waals surface area contributed by atoms with Gasteiger partial charge in [0.1, 0.15) is 5.82 Å². The van der Waals surface area contributed by atoms with Crippen LogP contribution in [0.1, 0.15) is 12.0 Å². The van der Waals surface area contributed by atoms with E-state index in [-0.39, 0.29) is 5.91 Å². The van der Waals surface area contributed by atoms with Gasteiger partial charge in [-0.1, -0.05) is 24.3 Å². The number of halogens is 1. The smallest absolute Gasteiger partial charge is 0.253 e. The van der Waals surface area contributed by atoms with Crippen LogP contribution in [-0.4, -0.2) is 23.3 Å². The van der Waals surface area contributed by atoms with Crippen molar-refractivity contribution in [2.24, 2.45) is 0 Å². The zero-order chi connectivity index (χ0) is 13.0. The molecule has 0 bridgehead atoms. The van der Waals surface area contributed by atoms with Crippen molar-refractivity contribution < 1.29 is 14.0 Å². The lowest BCUT2D eigenvalue weighted by Gasteiger charge is -2.19. The summed E-state index contributed by atoms with van der Waals surface area (Å²) in [6.07, 6.45) is 6.36. The highest BCUT2D eigenvalue weighted by Crippen LogP contribution is 2.10. The highest BCUT2D eigenvalue weighted by atomic mass is 19.1. The van der Waals surface area contributed by atoms with E-state index in [1.54, 1.807) is 24.3 Å². The maximum absolute atomic E-state index is 13.3. The van der Waals surface area contributed by atoms with Crippen LogP contribution in [0.5, 0.6) is 0 Å². The molecule has 0 fully saturated rings. The minimum absolute atomic E-state index is 0.325. The molecule has 0 aromatic heterocycles. The molecule has 0 aliphatic carbocycles. The largest absolute Gasteiger partial charge is 0.275 e. The first-order valence-corrected chi connectivity index (χ1v) is 5.63. The van der Waals surface area contributed by atoms with E-state index in [0.717, 1.165) is 4.90 Å². The van der Waals surface area contributed by atoms with Crippen molar-refractivity contribution in [3.63, 3.8) is 0 Å². The maximum atomic E-state index is 13.3. The second-order valence-corrected chi connectivity index (χ2v) is 3.87. The lowest BCUT2D eigenvalue weighted by atomic mass is 10.2. The van der Waals surface area contributed by atoms with Crippen molar-refractivity contribution in [1.82, 2.24) is 4.90 Å². The molecule has 1 aliphatic rings. The first-order valence-electron chi connectivity index (χ1n) is 5.63. The average molecular weight is 245 g/mol. The van der Waals surface area contributed by atoms with Crippen molar-refractivity contribution in [1.29, 1.82) is 0 Å². The Hall–Kier alpha value is -2.23. The molecule has 0 N–H and O–H groups in total. The SMILES string of the molecule is O=C1C=CCCN1C(=O)C=Cc1ccccc1F. The normalized spacial score (nSPS) is 15.4. The van der Waals surface area contributed by atoms with Gasteiger partial charge in [-0.2, -0.15) is 0 Å². The van der Waals surface area contributed by atoms with E-state index in [1.165, 1.54) is 24.3 Å². The molecular formula is C14H12FNO2. The van der Waals surface area contributed by atoms with Gasteiger partial charge in [-0.3, -0.25) is 14.5 Å². The number of benzene rings is 1. The topological polar surface area (TPSA) is 37.4 Å². The summed E-state index contributed by atoms with van der Waals surface area (Å²) in [7, 11) is 0. The van der Waals surface area contributed by atoms with Crippen LogP contribution in [-0.2, 0) is 9.59 Å². The molecule has 0 saturated heterocycles. The third-order valence-electron chi connectivity index (χ3n) is 2.62. The van der Waals surface area contributed by atoms with Crippen LogP contribution in [0.25, 0.3) is 6.08 Å². The fraction of sp³-hybridized carbons (Fsp3) is 0.143. The molecular weight excluding hydrogens is 233 g/mol. The molecule has 0 atom stereocenters. The molecule has 1 heterocycles. The highest BCUT2D eigenvalue weighted by molar-refractivity contribution is 6.06. The van der Waals surface area contributed by atoms with Gasteiger partial charge in [0, 0.05) is 18.2 Å². The van der Waals surface area contributed by atoms with E-state index in [2.05, 4.69) is 0 Å². The van der Waals surface area contributed by atoms with Gasteiger partial charge < -0.3 is 0 Å². The van der Waals surface area contributed by atoms with Crippen molar-refractivity contribution in [3.8, 4) is 0 Å². The summed E-state index contributed by atoms with van der Waals surface area (Å²) in [4.78, 5) is 24.3. The predicted octanol–water partition coefficient (Wildman–Crippen LogP) is 2.15. The summed E-state index contributed by atoms with van der Waals surface area (Å²) >= 11 is 0. The highest BCUT2D eigenvalue weighted by Gasteiger charge is 2.18. The zero-order valence-electron chi connectivity index (χ0n) is 9.67. The van der Waals surface area contributed by atoms with Gasteiger partial charge in [0.05, 0.1) is 0 Å². The molecule has 0 spiro atoms. The van der Waals surface area contributed by atoms with Crippen LogP contribution >= 0.6 is 0 Å².